The lowest BCUT2D eigenvalue weighted by Crippen LogP contribution is -2.54. The van der Waals surface area contributed by atoms with Gasteiger partial charge in [-0.3, -0.25) is 9.69 Å². The van der Waals surface area contributed by atoms with Gasteiger partial charge in [0.05, 0.1) is 6.54 Å². The Balaban J connectivity index is 1.57. The molecule has 3 amide bonds. The molecule has 0 bridgehead atoms. The second-order valence-corrected chi connectivity index (χ2v) is 9.63. The van der Waals surface area contributed by atoms with Crippen molar-refractivity contribution in [3.63, 3.8) is 0 Å². The third kappa shape index (κ3) is 4.17. The smallest absolute Gasteiger partial charge is 0.325 e. The van der Waals surface area contributed by atoms with Gasteiger partial charge < -0.3 is 16.4 Å². The maximum atomic E-state index is 13.4. The molecule has 2 fully saturated rings. The van der Waals surface area contributed by atoms with Crippen LogP contribution in [0.3, 0.4) is 0 Å². The number of aryl methyl sites for hydroxylation is 1. The molecule has 1 saturated carbocycles. The summed E-state index contributed by atoms with van der Waals surface area (Å²) in [7, 11) is 0. The van der Waals surface area contributed by atoms with Gasteiger partial charge in [-0.2, -0.15) is 15.0 Å². The Morgan fingerprint density at radius 2 is 1.94 bits per heavy atom. The van der Waals surface area contributed by atoms with Crippen LogP contribution in [0.5, 0.6) is 0 Å². The van der Waals surface area contributed by atoms with Crippen LogP contribution in [0.25, 0.3) is 0 Å². The monoisotopic (exact) mass is 423 g/mol. The lowest BCUT2D eigenvalue weighted by atomic mass is 9.64. The summed E-state index contributed by atoms with van der Waals surface area (Å²) in [4.78, 5) is 40.0. The van der Waals surface area contributed by atoms with Crippen molar-refractivity contribution in [2.75, 3.05) is 11.1 Å². The summed E-state index contributed by atoms with van der Waals surface area (Å²) in [6, 6.07) is 7.30. The number of carbonyl (C=O) groups excluding carboxylic acids is 2. The van der Waals surface area contributed by atoms with Gasteiger partial charge in [-0.1, -0.05) is 39.0 Å². The second-order valence-electron chi connectivity index (χ2n) is 9.63. The number of urea groups is 1. The van der Waals surface area contributed by atoms with Crippen LogP contribution in [0.4, 0.5) is 22.4 Å². The van der Waals surface area contributed by atoms with E-state index < -0.39 is 11.6 Å². The van der Waals surface area contributed by atoms with E-state index >= 15 is 0 Å². The van der Waals surface area contributed by atoms with Crippen LogP contribution in [-0.4, -0.2) is 37.3 Å². The number of carbonyl (C=O) groups is 2. The zero-order valence-electron chi connectivity index (χ0n) is 18.4. The zero-order valence-corrected chi connectivity index (χ0v) is 18.4. The highest BCUT2D eigenvalue weighted by molar-refractivity contribution is 6.07. The lowest BCUT2D eigenvalue weighted by Gasteiger charge is -2.43. The van der Waals surface area contributed by atoms with Gasteiger partial charge in [-0.05, 0) is 49.1 Å². The van der Waals surface area contributed by atoms with Crippen molar-refractivity contribution in [1.82, 2.24) is 25.2 Å². The number of anilines is 3. The highest BCUT2D eigenvalue weighted by atomic mass is 16.2. The van der Waals surface area contributed by atoms with Crippen LogP contribution >= 0.6 is 0 Å². The van der Waals surface area contributed by atoms with Gasteiger partial charge in [0.25, 0.3) is 5.91 Å². The van der Waals surface area contributed by atoms with E-state index in [1.54, 1.807) is 0 Å². The number of hydrogen-bond acceptors (Lipinski definition) is 7. The lowest BCUT2D eigenvalue weighted by molar-refractivity contribution is -0.135. The van der Waals surface area contributed by atoms with Gasteiger partial charge in [-0.15, -0.1) is 0 Å². The van der Waals surface area contributed by atoms with Crippen molar-refractivity contribution in [3.05, 3.63) is 35.7 Å². The fourth-order valence-electron chi connectivity index (χ4n) is 5.19. The van der Waals surface area contributed by atoms with E-state index in [0.29, 0.717) is 18.8 Å². The van der Waals surface area contributed by atoms with Gasteiger partial charge in [0.2, 0.25) is 11.9 Å². The predicted octanol–water partition coefficient (Wildman–Crippen LogP) is 3.14. The average molecular weight is 424 g/mol. The predicted molar refractivity (Wildman–Crippen MR) is 117 cm³/mol. The molecule has 2 aliphatic rings. The number of nitrogens with one attached hydrogen (secondary N) is 2. The van der Waals surface area contributed by atoms with E-state index in [9.17, 15) is 9.59 Å². The summed E-state index contributed by atoms with van der Waals surface area (Å²) in [5, 5.41) is 6.10. The third-order valence-corrected chi connectivity index (χ3v) is 6.01. The van der Waals surface area contributed by atoms with E-state index in [2.05, 4.69) is 46.4 Å². The first-order chi connectivity index (χ1) is 14.6. The first-order valence-electron chi connectivity index (χ1n) is 10.5. The zero-order chi connectivity index (χ0) is 22.4. The summed E-state index contributed by atoms with van der Waals surface area (Å²) in [6.07, 6.45) is 2.28. The van der Waals surface area contributed by atoms with Gasteiger partial charge >= 0.3 is 6.03 Å². The van der Waals surface area contributed by atoms with Crippen molar-refractivity contribution in [3.8, 4) is 0 Å². The minimum atomic E-state index is -0.862. The largest absolute Gasteiger partial charge is 0.368 e. The molecule has 1 aromatic heterocycles. The molecule has 1 aromatic carbocycles. The summed E-state index contributed by atoms with van der Waals surface area (Å²) in [5.41, 5.74) is 6.85. The number of nitrogens with zero attached hydrogens (tertiary/aromatic N) is 4. The minimum Gasteiger partial charge on any atom is -0.368 e. The van der Waals surface area contributed by atoms with E-state index in [-0.39, 0.29) is 35.6 Å². The quantitative estimate of drug-likeness (QED) is 0.645. The van der Waals surface area contributed by atoms with E-state index in [4.69, 9.17) is 5.73 Å². The van der Waals surface area contributed by atoms with Crippen molar-refractivity contribution in [1.29, 1.82) is 0 Å². The number of aromatic nitrogens is 3. The number of rotatable bonds is 4. The first-order valence-corrected chi connectivity index (χ1v) is 10.5. The number of benzene rings is 1. The van der Waals surface area contributed by atoms with Crippen LogP contribution in [-0.2, 0) is 11.3 Å². The molecular weight excluding hydrogens is 394 g/mol. The molecule has 1 saturated heterocycles. The van der Waals surface area contributed by atoms with E-state index in [0.717, 1.165) is 17.7 Å². The maximum Gasteiger partial charge on any atom is 0.325 e. The molecular formula is C22H29N7O2. The molecule has 0 radical (unpaired) electrons. The molecule has 0 unspecified atom stereocenters. The average Bonchev–Trinajstić information content (AvgIpc) is 2.85. The van der Waals surface area contributed by atoms with Gasteiger partial charge in [0.15, 0.2) is 5.82 Å². The summed E-state index contributed by atoms with van der Waals surface area (Å²) in [6.45, 7) is 8.32. The highest BCUT2D eigenvalue weighted by Gasteiger charge is 2.56. The molecule has 2 atom stereocenters. The summed E-state index contributed by atoms with van der Waals surface area (Å²) < 4.78 is 0. The number of nitrogen functional groups attached to an aromatic ring is 1. The van der Waals surface area contributed by atoms with Crippen molar-refractivity contribution < 1.29 is 9.59 Å². The molecule has 2 heterocycles. The molecule has 31 heavy (non-hydrogen) atoms. The fourth-order valence-corrected chi connectivity index (χ4v) is 5.19. The molecule has 4 rings (SSSR count). The number of para-hydroxylation sites is 1. The number of amides is 3. The fraction of sp³-hybridized carbons (Fsp3) is 0.500. The molecule has 164 valence electrons. The molecule has 9 heteroatoms. The summed E-state index contributed by atoms with van der Waals surface area (Å²) >= 11 is 0. The van der Waals surface area contributed by atoms with Crippen molar-refractivity contribution in [2.24, 2.45) is 11.3 Å². The van der Waals surface area contributed by atoms with E-state index in [1.807, 2.05) is 31.2 Å². The van der Waals surface area contributed by atoms with E-state index in [1.165, 1.54) is 4.90 Å². The molecule has 2 aromatic rings. The van der Waals surface area contributed by atoms with Crippen molar-refractivity contribution >= 4 is 29.5 Å². The van der Waals surface area contributed by atoms with Crippen LogP contribution in [0, 0.1) is 18.3 Å². The van der Waals surface area contributed by atoms with Gasteiger partial charge in [0, 0.05) is 5.69 Å². The van der Waals surface area contributed by atoms with Crippen molar-refractivity contribution in [2.45, 2.75) is 59.0 Å². The van der Waals surface area contributed by atoms with Gasteiger partial charge in [0.1, 0.15) is 5.54 Å². The number of imide groups is 1. The number of hydrogen-bond donors (Lipinski definition) is 3. The Bertz CT molecular complexity index is 1040. The number of nitrogens with two attached hydrogens (primary N) is 1. The molecule has 1 aliphatic heterocycles. The SMILES string of the molecule is Cc1ccccc1Nc1nc(N)nc(CN2C(=O)N[C@]3(C[C@@H](C)CC(C)(C)C3)C2=O)n1. The highest BCUT2D eigenvalue weighted by Crippen LogP contribution is 2.46. The standard InChI is InChI=1S/C22H29N7O2/c1-13-9-21(3,4)12-22(10-13)17(30)29(20(31)28-22)11-16-25-18(23)27-19(26-16)24-15-8-6-5-7-14(15)2/h5-8,13H,9-12H2,1-4H3,(H,28,31)(H3,23,24,25,26,27)/t13-,22-/m0/s1. The Labute approximate surface area is 181 Å². The molecule has 4 N–H and O–H groups in total. The Morgan fingerprint density at radius 3 is 2.65 bits per heavy atom. The second kappa shape index (κ2) is 7.47. The molecule has 1 aliphatic carbocycles. The topological polar surface area (TPSA) is 126 Å². The van der Waals surface area contributed by atoms with Crippen LogP contribution < -0.4 is 16.4 Å². The minimum absolute atomic E-state index is 0.0234. The Morgan fingerprint density at radius 1 is 1.19 bits per heavy atom. The van der Waals surface area contributed by atoms with Crippen LogP contribution in [0.1, 0.15) is 51.4 Å². The Kier molecular flexibility index (Phi) is 5.07. The van der Waals surface area contributed by atoms with Crippen LogP contribution in [0.15, 0.2) is 24.3 Å². The van der Waals surface area contributed by atoms with Gasteiger partial charge in [-0.25, -0.2) is 4.79 Å². The van der Waals surface area contributed by atoms with Crippen LogP contribution in [0.2, 0.25) is 0 Å². The first kappa shape index (κ1) is 21.0. The molecule has 1 spiro atoms. The Hall–Kier alpha value is -3.23. The summed E-state index contributed by atoms with van der Waals surface area (Å²) in [5.74, 6) is 0.670. The maximum absolute atomic E-state index is 13.4. The third-order valence-electron chi connectivity index (χ3n) is 6.01. The normalized spacial score (nSPS) is 25.0. The molecule has 9 nitrogen and oxygen atoms in total.